The van der Waals surface area contributed by atoms with E-state index in [-0.39, 0.29) is 0 Å². The van der Waals surface area contributed by atoms with E-state index in [1.165, 1.54) is 25.7 Å². The monoisotopic (exact) mass is 248 g/mol. The summed E-state index contributed by atoms with van der Waals surface area (Å²) < 4.78 is 1.89. The molecule has 1 spiro atoms. The van der Waals surface area contributed by atoms with Crippen LogP contribution in [0.4, 0.5) is 0 Å². The molecule has 1 heteroatoms. The van der Waals surface area contributed by atoms with Crippen molar-refractivity contribution in [2.24, 2.45) is 0 Å². The first kappa shape index (κ1) is 9.02. The predicted octanol–water partition coefficient (Wildman–Crippen LogP) is 3.08. The third-order valence-electron chi connectivity index (χ3n) is 4.25. The van der Waals surface area contributed by atoms with Crippen LogP contribution in [-0.2, 0) is 6.42 Å². The topological polar surface area (TPSA) is 0 Å². The van der Waals surface area contributed by atoms with Gasteiger partial charge in [-0.05, 0) is 0 Å². The molecule has 3 rings (SSSR count). The molecular formula is C13H18Ge. The zero-order valence-electron chi connectivity index (χ0n) is 8.76. The molecule has 0 aromatic heterocycles. The van der Waals surface area contributed by atoms with Gasteiger partial charge in [-0.25, -0.2) is 0 Å². The van der Waals surface area contributed by atoms with Crippen LogP contribution >= 0.6 is 0 Å². The van der Waals surface area contributed by atoms with Gasteiger partial charge in [-0.1, -0.05) is 0 Å². The van der Waals surface area contributed by atoms with Crippen LogP contribution in [0.5, 0.6) is 0 Å². The van der Waals surface area contributed by atoms with Gasteiger partial charge in [0.1, 0.15) is 0 Å². The number of hydrogen-bond acceptors (Lipinski definition) is 0. The first-order valence-electron chi connectivity index (χ1n) is 5.99. The maximum absolute atomic E-state index is 2.47. The van der Waals surface area contributed by atoms with Gasteiger partial charge in [0.2, 0.25) is 0 Å². The molecule has 1 aromatic carbocycles. The Labute approximate surface area is 89.1 Å². The summed E-state index contributed by atoms with van der Waals surface area (Å²) in [7, 11) is 0. The van der Waals surface area contributed by atoms with Crippen LogP contribution in [0.2, 0.25) is 15.8 Å². The molecule has 0 nitrogen and oxygen atoms in total. The summed E-state index contributed by atoms with van der Waals surface area (Å²) in [6, 6.07) is 9.37. The van der Waals surface area contributed by atoms with Crippen molar-refractivity contribution in [3.8, 4) is 0 Å². The van der Waals surface area contributed by atoms with Crippen molar-refractivity contribution in [3.05, 3.63) is 29.8 Å². The zero-order chi connectivity index (χ0) is 9.43. The van der Waals surface area contributed by atoms with Crippen LogP contribution in [-0.4, -0.2) is 13.3 Å². The number of benzene rings is 1. The molecule has 1 aromatic rings. The fourth-order valence-corrected chi connectivity index (χ4v) is 15.3. The Morgan fingerprint density at radius 2 is 1.57 bits per heavy atom. The molecule has 0 atom stereocenters. The van der Waals surface area contributed by atoms with Gasteiger partial charge in [0, 0.05) is 0 Å². The summed E-state index contributed by atoms with van der Waals surface area (Å²) in [4.78, 5) is 0. The molecule has 0 N–H and O–H groups in total. The van der Waals surface area contributed by atoms with Gasteiger partial charge in [-0.2, -0.15) is 0 Å². The normalized spacial score (nSPS) is 23.7. The molecule has 1 saturated heterocycles. The second kappa shape index (κ2) is 3.41. The molecule has 2 aliphatic heterocycles. The van der Waals surface area contributed by atoms with Gasteiger partial charge in [-0.15, -0.1) is 0 Å². The third kappa shape index (κ3) is 1.27. The van der Waals surface area contributed by atoms with Crippen LogP contribution in [0, 0.1) is 0 Å². The van der Waals surface area contributed by atoms with E-state index in [1.807, 2.05) is 4.40 Å². The van der Waals surface area contributed by atoms with Crippen molar-refractivity contribution in [2.75, 3.05) is 0 Å². The van der Waals surface area contributed by atoms with Crippen molar-refractivity contribution < 1.29 is 0 Å². The molecule has 74 valence electrons. The number of aryl methyl sites for hydroxylation is 1. The molecule has 14 heavy (non-hydrogen) atoms. The van der Waals surface area contributed by atoms with E-state index in [9.17, 15) is 0 Å². The van der Waals surface area contributed by atoms with Crippen LogP contribution in [0.3, 0.4) is 0 Å². The van der Waals surface area contributed by atoms with Crippen molar-refractivity contribution in [3.63, 3.8) is 0 Å². The molecule has 2 aliphatic rings. The number of fused-ring (bicyclic) bond motifs is 2. The summed E-state index contributed by atoms with van der Waals surface area (Å²) in [5, 5.41) is 4.91. The van der Waals surface area contributed by atoms with Crippen LogP contribution in [0.1, 0.15) is 24.8 Å². The summed E-state index contributed by atoms with van der Waals surface area (Å²) in [6.07, 6.45) is 5.93. The molecule has 0 amide bonds. The second-order valence-electron chi connectivity index (χ2n) is 5.00. The first-order chi connectivity index (χ1) is 6.91. The van der Waals surface area contributed by atoms with Crippen molar-refractivity contribution in [1.29, 1.82) is 0 Å². The SMILES string of the molecule is c1cc[c]2c(c1)CC[CH2][Ge]21[CH2]CC[CH2]1. The van der Waals surface area contributed by atoms with Gasteiger partial charge in [0.15, 0.2) is 0 Å². The van der Waals surface area contributed by atoms with Gasteiger partial charge in [0.05, 0.1) is 0 Å². The van der Waals surface area contributed by atoms with Gasteiger partial charge >= 0.3 is 88.9 Å². The minimum absolute atomic E-state index is 1.36. The van der Waals surface area contributed by atoms with Crippen molar-refractivity contribution in [1.82, 2.24) is 0 Å². The number of rotatable bonds is 0. The molecule has 2 heterocycles. The fraction of sp³-hybridized carbons (Fsp3) is 0.538. The molecular weight excluding hydrogens is 229 g/mol. The van der Waals surface area contributed by atoms with Crippen molar-refractivity contribution in [2.45, 2.75) is 41.4 Å². The zero-order valence-corrected chi connectivity index (χ0v) is 10.9. The Bertz CT molecular complexity index is 337. The van der Waals surface area contributed by atoms with Gasteiger partial charge in [-0.3, -0.25) is 0 Å². The molecule has 0 unspecified atom stereocenters. The van der Waals surface area contributed by atoms with E-state index in [4.69, 9.17) is 0 Å². The second-order valence-corrected chi connectivity index (χ2v) is 14.6. The third-order valence-corrected chi connectivity index (χ3v) is 15.9. The molecule has 1 fully saturated rings. The van der Waals surface area contributed by atoms with Crippen LogP contribution in [0.25, 0.3) is 0 Å². The van der Waals surface area contributed by atoms with Gasteiger partial charge in [0.25, 0.3) is 0 Å². The number of hydrogen-bond donors (Lipinski definition) is 0. The maximum atomic E-state index is 2.47. The Morgan fingerprint density at radius 3 is 2.43 bits per heavy atom. The molecule has 0 radical (unpaired) electrons. The molecule has 0 aliphatic carbocycles. The summed E-state index contributed by atoms with van der Waals surface area (Å²) in [5.74, 6) is 0. The van der Waals surface area contributed by atoms with E-state index in [1.54, 1.807) is 21.3 Å². The standard InChI is InChI=1S/C13H18Ge/c1-2-8-13-12(6-1)7-5-11-14(13)9-3-4-10-14/h1-2,6,8H,3-5,7,9-11H2. The van der Waals surface area contributed by atoms with Gasteiger partial charge < -0.3 is 0 Å². The fourth-order valence-electron chi connectivity index (χ4n) is 3.58. The van der Waals surface area contributed by atoms with Crippen LogP contribution < -0.4 is 4.40 Å². The summed E-state index contributed by atoms with van der Waals surface area (Å²) in [5.41, 5.74) is 1.72. The van der Waals surface area contributed by atoms with E-state index in [0.717, 1.165) is 0 Å². The molecule has 0 saturated carbocycles. The Morgan fingerprint density at radius 1 is 0.857 bits per heavy atom. The quantitative estimate of drug-likeness (QED) is 0.618. The Hall–Kier alpha value is -0.237. The van der Waals surface area contributed by atoms with Crippen molar-refractivity contribution >= 4 is 17.7 Å². The average molecular weight is 247 g/mol. The molecule has 0 bridgehead atoms. The van der Waals surface area contributed by atoms with E-state index < -0.39 is 13.3 Å². The van der Waals surface area contributed by atoms with E-state index >= 15 is 0 Å². The Balaban J connectivity index is 2.10. The van der Waals surface area contributed by atoms with E-state index in [2.05, 4.69) is 24.3 Å². The summed E-state index contributed by atoms with van der Waals surface area (Å²) in [6.45, 7) is 0. The Kier molecular flexibility index (Phi) is 2.20. The predicted molar refractivity (Wildman–Crippen MR) is 63.8 cm³/mol. The average Bonchev–Trinajstić information content (AvgIpc) is 2.68. The first-order valence-corrected chi connectivity index (χ1v) is 11.5. The minimum atomic E-state index is -1.48. The van der Waals surface area contributed by atoms with Crippen LogP contribution in [0.15, 0.2) is 24.3 Å². The van der Waals surface area contributed by atoms with E-state index in [0.29, 0.717) is 0 Å². The summed E-state index contributed by atoms with van der Waals surface area (Å²) >= 11 is -1.48.